The van der Waals surface area contributed by atoms with Crippen molar-refractivity contribution in [2.45, 2.75) is 92.3 Å². The first kappa shape index (κ1) is 38.4. The first-order valence-electron chi connectivity index (χ1n) is 16.5. The first-order chi connectivity index (χ1) is 21.7. The third kappa shape index (κ3) is 11.3. The Morgan fingerprint density at radius 1 is 0.915 bits per heavy atom. The number of fused-ring (bicyclic) bond motifs is 1. The van der Waals surface area contributed by atoms with Gasteiger partial charge in [0, 0.05) is 6.20 Å². The van der Waals surface area contributed by atoms with Crippen LogP contribution in [-0.4, -0.2) is 39.4 Å². The van der Waals surface area contributed by atoms with E-state index in [9.17, 15) is 0 Å². The summed E-state index contributed by atoms with van der Waals surface area (Å²) in [6.07, 6.45) is 7.54. The number of rotatable bonds is 5. The van der Waals surface area contributed by atoms with Gasteiger partial charge in [0.15, 0.2) is 0 Å². The number of pyridine rings is 1. The number of hydrogen-bond acceptors (Lipinski definition) is 5. The second-order valence-electron chi connectivity index (χ2n) is 14.6. The van der Waals surface area contributed by atoms with Crippen molar-refractivity contribution in [1.29, 1.82) is 0 Å². The van der Waals surface area contributed by atoms with Gasteiger partial charge in [-0.2, -0.15) is 37.0 Å². The van der Waals surface area contributed by atoms with E-state index in [1.807, 2.05) is 56.3 Å². The van der Waals surface area contributed by atoms with Crippen molar-refractivity contribution in [3.05, 3.63) is 115 Å². The van der Waals surface area contributed by atoms with Gasteiger partial charge in [-0.05, 0) is 110 Å². The van der Waals surface area contributed by atoms with E-state index in [-0.39, 0.29) is 32.3 Å². The second-order valence-corrected chi connectivity index (χ2v) is 14.6. The minimum atomic E-state index is -0.375. The van der Waals surface area contributed by atoms with Crippen LogP contribution in [0.25, 0.3) is 22.0 Å². The number of allylic oxidation sites excluding steroid dienone is 1. The van der Waals surface area contributed by atoms with Gasteiger partial charge in [0.05, 0.1) is 12.2 Å². The third-order valence-corrected chi connectivity index (χ3v) is 8.61. The molecule has 6 rings (SSSR count). The average Bonchev–Trinajstić information content (AvgIpc) is 3.33. The average molecular weight is 811 g/mol. The fourth-order valence-electron chi connectivity index (χ4n) is 7.05. The van der Waals surface area contributed by atoms with Crippen LogP contribution in [0.3, 0.4) is 0 Å². The molecule has 4 aromatic rings. The van der Waals surface area contributed by atoms with Gasteiger partial charge >= 0.3 is 20.1 Å². The quantitative estimate of drug-likeness (QED) is 0.197. The monoisotopic (exact) mass is 811 g/mol. The molecule has 0 spiro atoms. The Hall–Kier alpha value is -3.02. The number of aliphatic hydroxyl groups is 2. The molecule has 6 heteroatoms. The van der Waals surface area contributed by atoms with Crippen LogP contribution in [0, 0.1) is 29.6 Å². The van der Waals surface area contributed by atoms with E-state index in [0.29, 0.717) is 23.2 Å². The summed E-state index contributed by atoms with van der Waals surface area (Å²) in [5, 5.41) is 19.6. The van der Waals surface area contributed by atoms with Crippen molar-refractivity contribution in [3.63, 3.8) is 0 Å². The maximum absolute atomic E-state index is 8.56. The maximum Gasteiger partial charge on any atom is 3.00 e. The number of aliphatic hydroxyl groups excluding tert-OH is 2. The molecule has 3 aromatic carbocycles. The number of nitrogens with zero attached hydrogens (tertiary/aromatic N) is 3. The molecule has 0 bridgehead atoms. The van der Waals surface area contributed by atoms with Gasteiger partial charge < -0.3 is 25.0 Å². The van der Waals surface area contributed by atoms with Crippen LogP contribution in [0.1, 0.15) is 85.6 Å². The molecule has 252 valence electrons. The number of hydrogen-bond donors (Lipinski definition) is 2. The zero-order valence-corrected chi connectivity index (χ0v) is 31.7. The molecule has 47 heavy (non-hydrogen) atoms. The van der Waals surface area contributed by atoms with Crippen LogP contribution in [0.4, 0.5) is 5.69 Å². The Balaban J connectivity index is 0.000000238. The number of benzene rings is 3. The van der Waals surface area contributed by atoms with Crippen LogP contribution in [0.5, 0.6) is 0 Å². The molecule has 1 fully saturated rings. The van der Waals surface area contributed by atoms with E-state index in [1.54, 1.807) is 13.8 Å². The Labute approximate surface area is 297 Å². The topological polar surface area (TPSA) is 59.8 Å². The number of para-hydroxylation sites is 1. The largest absolute Gasteiger partial charge is 3.00 e. The van der Waals surface area contributed by atoms with Gasteiger partial charge in [0.1, 0.15) is 0 Å². The van der Waals surface area contributed by atoms with Gasteiger partial charge in [-0.25, -0.2) is 0 Å². The summed E-state index contributed by atoms with van der Waals surface area (Å²) in [5.74, 6) is 0.617. The van der Waals surface area contributed by atoms with Gasteiger partial charge in [0.2, 0.25) is 0 Å². The molecular formula is C41H52IrN3O2. The third-order valence-electron chi connectivity index (χ3n) is 8.61. The molecule has 0 amide bonds. The summed E-state index contributed by atoms with van der Waals surface area (Å²) in [6.45, 7) is 17.1. The second kappa shape index (κ2) is 16.9. The standard InChI is InChI=1S/C25H28N.C11H12N2.C5H12O2.Ir/c1-24(2)15-21(16-25(3,4)17-24)20-11-10-18-12-13-26-23(22(18)14-20)19-8-6-5-7-9-19;1-10-8-13(9-12(10)2)11-6-4-3-5-7-11;1-4(6)3-5(2)7;/h5-8,10-14,21H,15-17H2,1-4H3;3-6,8-9H,1-2H3;4-7H,3H2,1-2H3;/q-1;-2;;+3. The molecular weight excluding hydrogens is 759 g/mol. The summed E-state index contributed by atoms with van der Waals surface area (Å²) in [6, 6.07) is 31.7. The normalized spacial score (nSPS) is 18.1. The van der Waals surface area contributed by atoms with Crippen molar-refractivity contribution in [3.8, 4) is 11.3 Å². The van der Waals surface area contributed by atoms with Crippen molar-refractivity contribution in [2.24, 2.45) is 10.8 Å². The molecule has 0 saturated heterocycles. The predicted molar refractivity (Wildman–Crippen MR) is 192 cm³/mol. The predicted octanol–water partition coefficient (Wildman–Crippen LogP) is 9.38. The number of aromatic nitrogens is 1. The summed E-state index contributed by atoms with van der Waals surface area (Å²) in [7, 11) is 2.04. The van der Waals surface area contributed by atoms with Crippen molar-refractivity contribution in [2.75, 3.05) is 11.9 Å². The molecule has 2 unspecified atom stereocenters. The van der Waals surface area contributed by atoms with E-state index >= 15 is 0 Å². The molecule has 1 aliphatic carbocycles. The van der Waals surface area contributed by atoms with Crippen molar-refractivity contribution < 1.29 is 30.3 Å². The van der Waals surface area contributed by atoms with E-state index in [1.165, 1.54) is 41.3 Å². The zero-order valence-electron chi connectivity index (χ0n) is 29.3. The van der Waals surface area contributed by atoms with Gasteiger partial charge in [0.25, 0.3) is 0 Å². The Bertz CT molecular complexity index is 1550. The number of anilines is 1. The van der Waals surface area contributed by atoms with Crippen LogP contribution in [0.15, 0.2) is 90.9 Å². The van der Waals surface area contributed by atoms with Crippen LogP contribution >= 0.6 is 0 Å². The molecule has 1 saturated carbocycles. The summed E-state index contributed by atoms with van der Waals surface area (Å²) in [5.41, 5.74) is 6.67. The van der Waals surface area contributed by atoms with Gasteiger partial charge in [-0.15, -0.1) is 41.6 Å². The maximum atomic E-state index is 8.56. The van der Waals surface area contributed by atoms with Crippen molar-refractivity contribution in [1.82, 2.24) is 9.88 Å². The van der Waals surface area contributed by atoms with Crippen molar-refractivity contribution >= 4 is 16.5 Å². The van der Waals surface area contributed by atoms with E-state index in [2.05, 4.69) is 104 Å². The fourth-order valence-corrected chi connectivity index (χ4v) is 7.05. The van der Waals surface area contributed by atoms with Crippen LogP contribution in [0.2, 0.25) is 0 Å². The molecule has 2 atom stereocenters. The molecule has 2 heterocycles. The molecule has 5 nitrogen and oxygen atoms in total. The van der Waals surface area contributed by atoms with Crippen LogP contribution < -0.4 is 4.90 Å². The molecule has 2 N–H and O–H groups in total. The van der Waals surface area contributed by atoms with E-state index < -0.39 is 0 Å². The minimum Gasteiger partial charge on any atom is -0.508 e. The van der Waals surface area contributed by atoms with E-state index in [4.69, 9.17) is 10.2 Å². The van der Waals surface area contributed by atoms with Gasteiger partial charge in [-0.3, -0.25) is 0 Å². The smallest absolute Gasteiger partial charge is 0.508 e. The summed E-state index contributed by atoms with van der Waals surface area (Å²) < 4.78 is 0. The van der Waals surface area contributed by atoms with Crippen LogP contribution in [-0.2, 0) is 20.1 Å². The summed E-state index contributed by atoms with van der Waals surface area (Å²) in [4.78, 5) is 8.84. The molecule has 0 radical (unpaired) electrons. The summed E-state index contributed by atoms with van der Waals surface area (Å²) >= 11 is 0. The van der Waals surface area contributed by atoms with E-state index in [0.717, 1.165) is 16.9 Å². The zero-order chi connectivity index (χ0) is 33.5. The molecule has 1 aliphatic heterocycles. The fraction of sp³-hybridized carbons (Fsp3) is 0.415. The SMILES string of the molecule is CC(O)CC(C)O.CC1(C)CC(c2ccc3ccnc(-c4[c-]cccc4)c3c2)CC(C)(C)C1.CC1=CN(c2[c-]cccc2)[CH-]N1C.[Ir+3]. The first-order valence-corrected chi connectivity index (χ1v) is 16.5. The Kier molecular flexibility index (Phi) is 13.8. The van der Waals surface area contributed by atoms with Gasteiger partial charge in [-0.1, -0.05) is 45.9 Å². The molecule has 1 aromatic heterocycles. The Morgan fingerprint density at radius 3 is 2.06 bits per heavy atom. The molecule has 2 aliphatic rings. The Morgan fingerprint density at radius 2 is 1.55 bits per heavy atom. The minimum absolute atomic E-state index is 0.